The fourth-order valence-corrected chi connectivity index (χ4v) is 3.39. The first-order chi connectivity index (χ1) is 15.8. The molecule has 0 radical (unpaired) electrons. The Kier molecular flexibility index (Phi) is 11.0. The van der Waals surface area contributed by atoms with Crippen LogP contribution >= 0.6 is 17.0 Å². The van der Waals surface area contributed by atoms with Crippen molar-refractivity contribution in [1.29, 1.82) is 0 Å². The van der Waals surface area contributed by atoms with E-state index in [2.05, 4.69) is 38.1 Å². The summed E-state index contributed by atoms with van der Waals surface area (Å²) in [6, 6.07) is 16.5. The van der Waals surface area contributed by atoms with Gasteiger partial charge in [0.1, 0.15) is 23.0 Å². The van der Waals surface area contributed by atoms with Gasteiger partial charge >= 0.3 is 46.5 Å². The Morgan fingerprint density at radius 2 is 0.939 bits per heavy atom. The van der Waals surface area contributed by atoms with Crippen LogP contribution in [0.4, 0.5) is 0 Å². The summed E-state index contributed by atoms with van der Waals surface area (Å²) in [4.78, 5) is 0. The third kappa shape index (κ3) is 7.60. The molecule has 0 fully saturated rings. The number of halogens is 2. The Morgan fingerprint density at radius 1 is 0.636 bits per heavy atom. The van der Waals surface area contributed by atoms with Gasteiger partial charge in [0, 0.05) is 0 Å². The summed E-state index contributed by atoms with van der Waals surface area (Å²) in [6.45, 7) is 6.06. The van der Waals surface area contributed by atoms with E-state index in [-0.39, 0.29) is 0 Å². The number of hydrogen-bond donors (Lipinski definition) is 0. The first kappa shape index (κ1) is 27.4. The summed E-state index contributed by atoms with van der Waals surface area (Å²) in [5.74, 6) is 3.13. The molecular formula is C26H30Cl2O4Zr-2. The molecule has 33 heavy (non-hydrogen) atoms. The second-order valence-corrected chi connectivity index (χ2v) is 16.1. The van der Waals surface area contributed by atoms with E-state index in [1.54, 1.807) is 28.4 Å². The van der Waals surface area contributed by atoms with Crippen molar-refractivity contribution in [3.05, 3.63) is 59.7 Å². The Hall–Kier alpha value is -1.81. The van der Waals surface area contributed by atoms with Gasteiger partial charge in [0.25, 0.3) is 0 Å². The molecule has 0 spiro atoms. The van der Waals surface area contributed by atoms with E-state index < -0.39 is 18.9 Å². The molecule has 0 aromatic heterocycles. The van der Waals surface area contributed by atoms with Crippen molar-refractivity contribution in [2.24, 2.45) is 0 Å². The van der Waals surface area contributed by atoms with Gasteiger partial charge in [-0.3, -0.25) is 0 Å². The average Bonchev–Trinajstić information content (AvgIpc) is 3.36. The third-order valence-corrected chi connectivity index (χ3v) is 8.58. The van der Waals surface area contributed by atoms with Crippen LogP contribution in [0.3, 0.4) is 0 Å². The van der Waals surface area contributed by atoms with Crippen LogP contribution in [0.1, 0.15) is 18.1 Å². The van der Waals surface area contributed by atoms with E-state index >= 15 is 0 Å². The van der Waals surface area contributed by atoms with Crippen molar-refractivity contribution in [3.63, 3.8) is 0 Å². The topological polar surface area (TPSA) is 36.9 Å². The zero-order chi connectivity index (χ0) is 24.5. The molecule has 7 heteroatoms. The molecule has 0 N–H and O–H groups in total. The van der Waals surface area contributed by atoms with Crippen molar-refractivity contribution < 1.29 is 37.8 Å². The molecular weight excluding hydrogens is 538 g/mol. The van der Waals surface area contributed by atoms with Crippen LogP contribution < -0.4 is 18.9 Å². The van der Waals surface area contributed by atoms with E-state index in [4.69, 9.17) is 36.0 Å². The molecule has 4 rings (SSSR count). The number of benzene rings is 2. The number of methoxy groups -OCH3 is 4. The molecule has 0 aliphatic heterocycles. The first-order valence-electron chi connectivity index (χ1n) is 10.3. The maximum atomic E-state index is 5.37. The summed E-state index contributed by atoms with van der Waals surface area (Å²) in [7, 11) is 17.3. The maximum absolute atomic E-state index is 5.37. The predicted molar refractivity (Wildman–Crippen MR) is 138 cm³/mol. The van der Waals surface area contributed by atoms with Crippen molar-refractivity contribution in [2.45, 2.75) is 20.8 Å². The molecule has 0 bridgehead atoms. The predicted octanol–water partition coefficient (Wildman–Crippen LogP) is 7.50. The van der Waals surface area contributed by atoms with Gasteiger partial charge in [-0.1, -0.05) is 38.1 Å². The second kappa shape index (κ2) is 13.2. The van der Waals surface area contributed by atoms with Crippen molar-refractivity contribution in [1.82, 2.24) is 0 Å². The van der Waals surface area contributed by atoms with Crippen LogP contribution in [0.5, 0.6) is 23.0 Å². The van der Waals surface area contributed by atoms with Crippen molar-refractivity contribution in [2.75, 3.05) is 28.4 Å². The second-order valence-electron chi connectivity index (χ2n) is 7.32. The Labute approximate surface area is 210 Å². The Morgan fingerprint density at radius 3 is 1.21 bits per heavy atom. The average molecular weight is 569 g/mol. The van der Waals surface area contributed by atoms with E-state index in [0.717, 1.165) is 23.0 Å². The van der Waals surface area contributed by atoms with Gasteiger partial charge < -0.3 is 18.9 Å². The fourth-order valence-electron chi connectivity index (χ4n) is 3.39. The molecule has 0 unspecified atom stereocenters. The number of hydrogen-bond acceptors (Lipinski definition) is 4. The molecule has 0 aliphatic carbocycles. The summed E-state index contributed by atoms with van der Waals surface area (Å²) in [5, 5.41) is 4.78. The quantitative estimate of drug-likeness (QED) is 0.239. The van der Waals surface area contributed by atoms with Crippen molar-refractivity contribution >= 4 is 42.3 Å². The van der Waals surface area contributed by atoms with E-state index in [0.29, 0.717) is 0 Å². The molecule has 0 amide bonds. The summed E-state index contributed by atoms with van der Waals surface area (Å²) in [5.41, 5.74) is 2.52. The molecule has 178 valence electrons. The van der Waals surface area contributed by atoms with E-state index in [9.17, 15) is 0 Å². The molecule has 4 aromatic rings. The van der Waals surface area contributed by atoms with Crippen LogP contribution in [-0.4, -0.2) is 32.1 Å². The number of ether oxygens (including phenoxy) is 4. The van der Waals surface area contributed by atoms with Gasteiger partial charge in [-0.15, -0.1) is 44.8 Å². The van der Waals surface area contributed by atoms with Crippen LogP contribution in [-0.2, 0) is 18.9 Å². The normalized spacial score (nSPS) is 9.97. The van der Waals surface area contributed by atoms with Gasteiger partial charge in [0.05, 0.1) is 28.4 Å². The molecule has 0 aliphatic rings. The number of fused-ring (bicyclic) bond motifs is 2. The zero-order valence-corrected chi connectivity index (χ0v) is 24.1. The van der Waals surface area contributed by atoms with Gasteiger partial charge in [0.2, 0.25) is 0 Å². The van der Waals surface area contributed by atoms with E-state index in [1.807, 2.05) is 34.9 Å². The monoisotopic (exact) mass is 566 g/mol. The Bertz CT molecular complexity index is 1050. The Balaban J connectivity index is 0.000000195. The summed E-state index contributed by atoms with van der Waals surface area (Å²) in [6.07, 6.45) is 0. The molecule has 0 atom stereocenters. The summed E-state index contributed by atoms with van der Waals surface area (Å²) >= 11 is -1.76. The standard InChI is InChI=1S/2C12H13O2.C2H4.2ClH.Zr/c2*1-8-4-9-6-11(13-2)12(14-3)7-10(9)5-8;1-2;;;/h2*4-7H,1-3H3;1H,2H3;2*1H;/q2*-1;;;;+2/p-2. The first-order valence-corrected chi connectivity index (χ1v) is 18.1. The van der Waals surface area contributed by atoms with Crippen molar-refractivity contribution in [3.8, 4) is 23.0 Å². The molecule has 4 aromatic carbocycles. The van der Waals surface area contributed by atoms with Gasteiger partial charge in [-0.2, -0.15) is 12.1 Å². The van der Waals surface area contributed by atoms with Gasteiger partial charge in [-0.25, -0.2) is 0 Å². The number of aryl methyl sites for hydroxylation is 2. The zero-order valence-electron chi connectivity index (χ0n) is 20.1. The fraction of sp³-hybridized carbons (Fsp3) is 0.269. The third-order valence-electron chi connectivity index (χ3n) is 4.93. The van der Waals surface area contributed by atoms with Crippen LogP contribution in [0, 0.1) is 13.8 Å². The van der Waals surface area contributed by atoms with Crippen LogP contribution in [0.2, 0.25) is 0 Å². The minimum atomic E-state index is -1.76. The van der Waals surface area contributed by atoms with Crippen LogP contribution in [0.15, 0.2) is 48.5 Å². The molecule has 0 heterocycles. The van der Waals surface area contributed by atoms with Gasteiger partial charge in [0.15, 0.2) is 0 Å². The van der Waals surface area contributed by atoms with Gasteiger partial charge in [-0.05, 0) is 0 Å². The SMILES string of the molecule is COc1cc2cc(C)[cH-]c2cc1OC.COc1cc2cc(C)[cH-]c2cc1OC.C[CH]=[Zr]([Cl])[Cl]. The molecule has 0 saturated carbocycles. The van der Waals surface area contributed by atoms with E-state index in [1.165, 1.54) is 32.7 Å². The minimum absolute atomic E-state index is 0.783. The molecule has 0 saturated heterocycles. The summed E-state index contributed by atoms with van der Waals surface area (Å²) < 4.78 is 22.8. The number of rotatable bonds is 4. The molecule has 4 nitrogen and oxygen atoms in total. The van der Waals surface area contributed by atoms with Crippen LogP contribution in [0.25, 0.3) is 21.5 Å².